The fourth-order valence-electron chi connectivity index (χ4n) is 0.637. The van der Waals surface area contributed by atoms with Crippen LogP contribution in [0.15, 0.2) is 10.4 Å². The van der Waals surface area contributed by atoms with E-state index in [4.69, 9.17) is 9.79 Å². The van der Waals surface area contributed by atoms with E-state index in [0.29, 0.717) is 0 Å². The summed E-state index contributed by atoms with van der Waals surface area (Å²) in [6, 6.07) is -0.555. The summed E-state index contributed by atoms with van der Waals surface area (Å²) in [5.74, 6) is -1.19. The molecule has 0 aliphatic carbocycles. The first kappa shape index (κ1) is 7.65. The molecule has 0 aromatic rings. The Morgan fingerprint density at radius 2 is 2.20 bits per heavy atom. The van der Waals surface area contributed by atoms with Gasteiger partial charge in [-0.05, 0) is 6.92 Å². The normalized spacial score (nSPS) is 32.3. The maximum atomic E-state index is 10.5. The van der Waals surface area contributed by atoms with E-state index in [1.165, 1.54) is 6.92 Å². The van der Waals surface area contributed by atoms with Crippen molar-refractivity contribution < 1.29 is 19.2 Å². The maximum Gasteiger partial charge on any atom is 0.370 e. The fraction of sp³-hybridized carbons (Fsp3) is 1.00. The molecule has 2 atom stereocenters. The second-order valence-corrected chi connectivity index (χ2v) is 3.71. The van der Waals surface area contributed by atoms with Gasteiger partial charge in [0.1, 0.15) is 6.04 Å². The molecule has 0 spiro atoms. The highest BCUT2D eigenvalue weighted by Crippen LogP contribution is 2.46. The van der Waals surface area contributed by atoms with E-state index in [9.17, 15) is 4.57 Å². The Bertz CT molecular complexity index is 199. The van der Waals surface area contributed by atoms with E-state index in [0.717, 1.165) is 0 Å². The van der Waals surface area contributed by atoms with Crippen molar-refractivity contribution in [1.82, 2.24) is 0 Å². The van der Waals surface area contributed by atoms with Gasteiger partial charge in [-0.2, -0.15) is 0 Å². The lowest BCUT2D eigenvalue weighted by atomic mass is 10.4. The average Bonchev–Trinajstić information content (AvgIpc) is 2.11. The Labute approximate surface area is 57.0 Å². The summed E-state index contributed by atoms with van der Waals surface area (Å²) in [5, 5.41) is 6.44. The Morgan fingerprint density at radius 3 is 2.40 bits per heavy atom. The third-order valence-corrected chi connectivity index (χ3v) is 2.32. The summed E-state index contributed by atoms with van der Waals surface area (Å²) in [6.45, 7) is 1.53. The number of rotatable bonds is 1. The highest BCUT2D eigenvalue weighted by Gasteiger charge is 2.39. The van der Waals surface area contributed by atoms with Crippen LogP contribution in [0, 0.1) is 0 Å². The molecule has 6 nitrogen and oxygen atoms in total. The van der Waals surface area contributed by atoms with Gasteiger partial charge in [0.25, 0.3) is 5.85 Å². The Kier molecular flexibility index (Phi) is 1.76. The van der Waals surface area contributed by atoms with E-state index < -0.39 is 19.5 Å². The molecule has 1 rings (SSSR count). The molecular formula is C3H7N2O4P. The smallest absolute Gasteiger partial charge is 0.361 e. The zero-order chi connectivity index (χ0) is 7.78. The van der Waals surface area contributed by atoms with Gasteiger partial charge >= 0.3 is 7.60 Å². The predicted octanol–water partition coefficient (Wildman–Crippen LogP) is 0.276. The largest absolute Gasteiger partial charge is 0.370 e. The van der Waals surface area contributed by atoms with E-state index in [2.05, 4.69) is 15.2 Å². The average molecular weight is 166 g/mol. The Morgan fingerprint density at radius 1 is 1.60 bits per heavy atom. The SMILES string of the molecule is C[C@@H]1N=NO[C@@H]1P(=O)(O)O. The molecule has 0 unspecified atom stereocenters. The fourth-order valence-corrected chi connectivity index (χ4v) is 1.42. The van der Waals surface area contributed by atoms with Crippen molar-refractivity contribution in [2.75, 3.05) is 0 Å². The molecule has 1 aliphatic rings. The maximum absolute atomic E-state index is 10.5. The molecule has 1 heterocycles. The van der Waals surface area contributed by atoms with Crippen molar-refractivity contribution in [3.8, 4) is 0 Å². The molecule has 0 aromatic heterocycles. The summed E-state index contributed by atoms with van der Waals surface area (Å²) in [7, 11) is -4.18. The third kappa shape index (κ3) is 1.34. The predicted molar refractivity (Wildman–Crippen MR) is 31.2 cm³/mol. The van der Waals surface area contributed by atoms with E-state index in [1.807, 2.05) is 0 Å². The van der Waals surface area contributed by atoms with Gasteiger partial charge in [-0.1, -0.05) is 0 Å². The molecule has 10 heavy (non-hydrogen) atoms. The van der Waals surface area contributed by atoms with Crippen LogP contribution < -0.4 is 0 Å². The molecule has 0 bridgehead atoms. The van der Waals surface area contributed by atoms with Gasteiger partial charge < -0.3 is 14.6 Å². The van der Waals surface area contributed by atoms with Crippen LogP contribution in [0.2, 0.25) is 0 Å². The lowest BCUT2D eigenvalue weighted by Gasteiger charge is -2.11. The quantitative estimate of drug-likeness (QED) is 0.547. The van der Waals surface area contributed by atoms with Crippen LogP contribution in [0.4, 0.5) is 0 Å². The number of nitrogens with zero attached hydrogens (tertiary/aromatic N) is 2. The van der Waals surface area contributed by atoms with E-state index >= 15 is 0 Å². The van der Waals surface area contributed by atoms with Gasteiger partial charge in [-0.3, -0.25) is 4.57 Å². The number of hydrogen-bond acceptors (Lipinski definition) is 4. The second kappa shape index (κ2) is 2.30. The zero-order valence-corrected chi connectivity index (χ0v) is 6.10. The topological polar surface area (TPSA) is 91.5 Å². The monoisotopic (exact) mass is 166 g/mol. The first-order chi connectivity index (χ1) is 4.52. The van der Waals surface area contributed by atoms with Crippen LogP contribution in [0.5, 0.6) is 0 Å². The molecule has 58 valence electrons. The minimum atomic E-state index is -4.18. The number of hydrogen-bond donors (Lipinski definition) is 2. The Hall–Kier alpha value is -0.450. The van der Waals surface area contributed by atoms with Gasteiger partial charge in [-0.25, -0.2) is 0 Å². The molecule has 0 aromatic carbocycles. The van der Waals surface area contributed by atoms with Crippen LogP contribution in [-0.4, -0.2) is 21.7 Å². The standard InChI is InChI=1S/C3H7N2O4P/c1-2-3(9-5-4-2)10(6,7)8/h2-3H,1H3,(H2,6,7,8)/t2-,3+/m0/s1. The van der Waals surface area contributed by atoms with Crippen LogP contribution in [0.1, 0.15) is 6.92 Å². The Balaban J connectivity index is 2.69. The molecule has 0 radical (unpaired) electrons. The van der Waals surface area contributed by atoms with Crippen molar-refractivity contribution in [2.24, 2.45) is 10.4 Å². The van der Waals surface area contributed by atoms with Gasteiger partial charge in [0, 0.05) is 5.28 Å². The molecular weight excluding hydrogens is 159 g/mol. The van der Waals surface area contributed by atoms with E-state index in [-0.39, 0.29) is 0 Å². The highest BCUT2D eigenvalue weighted by molar-refractivity contribution is 7.52. The van der Waals surface area contributed by atoms with Crippen molar-refractivity contribution in [3.05, 3.63) is 0 Å². The first-order valence-electron chi connectivity index (χ1n) is 2.63. The van der Waals surface area contributed by atoms with Crippen LogP contribution >= 0.6 is 7.60 Å². The summed E-state index contributed by atoms with van der Waals surface area (Å²) in [4.78, 5) is 21.4. The van der Waals surface area contributed by atoms with Crippen LogP contribution in [0.3, 0.4) is 0 Å². The summed E-state index contributed by atoms with van der Waals surface area (Å²) >= 11 is 0. The lowest BCUT2D eigenvalue weighted by molar-refractivity contribution is 0.111. The molecule has 0 amide bonds. The summed E-state index contributed by atoms with van der Waals surface area (Å²) < 4.78 is 10.5. The highest BCUT2D eigenvalue weighted by atomic mass is 31.2. The van der Waals surface area contributed by atoms with Crippen LogP contribution in [-0.2, 0) is 9.40 Å². The van der Waals surface area contributed by atoms with Crippen molar-refractivity contribution >= 4 is 7.60 Å². The summed E-state index contributed by atoms with van der Waals surface area (Å²) in [6.07, 6.45) is 0. The van der Waals surface area contributed by atoms with Crippen molar-refractivity contribution in [1.29, 1.82) is 0 Å². The summed E-state index contributed by atoms with van der Waals surface area (Å²) in [5.41, 5.74) is 0. The molecule has 0 fully saturated rings. The van der Waals surface area contributed by atoms with Crippen molar-refractivity contribution in [3.63, 3.8) is 0 Å². The molecule has 1 aliphatic heterocycles. The van der Waals surface area contributed by atoms with Gasteiger partial charge in [0.2, 0.25) is 0 Å². The molecule has 0 saturated heterocycles. The first-order valence-corrected chi connectivity index (χ1v) is 4.31. The second-order valence-electron chi connectivity index (χ2n) is 2.02. The third-order valence-electron chi connectivity index (χ3n) is 1.13. The minimum absolute atomic E-state index is 0.555. The minimum Gasteiger partial charge on any atom is -0.361 e. The molecule has 7 heteroatoms. The zero-order valence-electron chi connectivity index (χ0n) is 5.21. The van der Waals surface area contributed by atoms with Crippen molar-refractivity contribution in [2.45, 2.75) is 18.8 Å². The van der Waals surface area contributed by atoms with Crippen LogP contribution in [0.25, 0.3) is 0 Å². The lowest BCUT2D eigenvalue weighted by Crippen LogP contribution is -2.18. The van der Waals surface area contributed by atoms with Gasteiger partial charge in [-0.15, -0.1) is 5.11 Å². The molecule has 0 saturated carbocycles. The van der Waals surface area contributed by atoms with E-state index in [1.54, 1.807) is 0 Å². The van der Waals surface area contributed by atoms with Gasteiger partial charge in [0.05, 0.1) is 0 Å². The van der Waals surface area contributed by atoms with Gasteiger partial charge in [0.15, 0.2) is 0 Å². The molecule has 2 N–H and O–H groups in total.